The van der Waals surface area contributed by atoms with Gasteiger partial charge in [0.15, 0.2) is 0 Å². The van der Waals surface area contributed by atoms with E-state index in [4.69, 9.17) is 0 Å². The molecule has 0 amide bonds. The summed E-state index contributed by atoms with van der Waals surface area (Å²) in [5, 5.41) is 0. The molecule has 0 aromatic carbocycles. The molecule has 0 unspecified atom stereocenters. The molecule has 0 aliphatic heterocycles. The van der Waals surface area contributed by atoms with Crippen LogP contribution in [0.15, 0.2) is 44.1 Å². The molecule has 2 aliphatic carbocycles. The maximum atomic E-state index is 2.35. The maximum absolute atomic E-state index is 2.35. The molecule has 14 heavy (non-hydrogen) atoms. The Morgan fingerprint density at radius 1 is 1.36 bits per heavy atom. The first-order chi connectivity index (χ1) is 6.90. The van der Waals surface area contributed by atoms with Crippen LogP contribution in [0.5, 0.6) is 0 Å². The van der Waals surface area contributed by atoms with E-state index in [0.29, 0.717) is 0 Å². The van der Waals surface area contributed by atoms with Crippen LogP contribution in [-0.2, 0) is 17.7 Å². The van der Waals surface area contributed by atoms with Gasteiger partial charge in [0.25, 0.3) is 0 Å². The van der Waals surface area contributed by atoms with Crippen molar-refractivity contribution in [3.63, 3.8) is 0 Å². The van der Waals surface area contributed by atoms with Crippen molar-refractivity contribution >= 4 is 0 Å². The van der Waals surface area contributed by atoms with Gasteiger partial charge in [-0.2, -0.15) is 0 Å². The van der Waals surface area contributed by atoms with Crippen molar-refractivity contribution in [1.29, 1.82) is 0 Å². The van der Waals surface area contributed by atoms with E-state index in [-0.39, 0.29) is 17.7 Å². The third-order valence-corrected chi connectivity index (χ3v) is 6.22. The van der Waals surface area contributed by atoms with Crippen molar-refractivity contribution in [2.75, 3.05) is 0 Å². The number of allylic oxidation sites excluding steroid dienone is 8. The Balaban J connectivity index is 2.04. The Kier molecular flexibility index (Phi) is 3.55. The summed E-state index contributed by atoms with van der Waals surface area (Å²) in [7, 11) is 0. The summed E-state index contributed by atoms with van der Waals surface area (Å²) in [5.74, 6) is 0. The summed E-state index contributed by atoms with van der Waals surface area (Å²) < 4.78 is 3.51. The summed E-state index contributed by atoms with van der Waals surface area (Å²) in [6.07, 6.45) is 16.6. The Morgan fingerprint density at radius 2 is 2.29 bits per heavy atom. The second kappa shape index (κ2) is 4.91. The summed E-state index contributed by atoms with van der Waals surface area (Å²) >= 11 is 0.0404. The normalized spacial score (nSPS) is 20.8. The van der Waals surface area contributed by atoms with Gasteiger partial charge in [0.05, 0.1) is 0 Å². The number of hydrogen-bond donors (Lipinski definition) is 0. The Labute approximate surface area is 94.4 Å². The molecule has 0 radical (unpaired) electrons. The number of rotatable bonds is 3. The first kappa shape index (κ1) is 10.1. The second-order valence-electron chi connectivity index (χ2n) is 3.50. The Hall–Kier alpha value is -0.391. The van der Waals surface area contributed by atoms with Crippen molar-refractivity contribution in [1.82, 2.24) is 0 Å². The van der Waals surface area contributed by atoms with Crippen LogP contribution in [0.4, 0.5) is 0 Å². The van der Waals surface area contributed by atoms with Gasteiger partial charge in [0.2, 0.25) is 0 Å². The molecule has 0 saturated heterocycles. The van der Waals surface area contributed by atoms with Gasteiger partial charge >= 0.3 is 94.4 Å². The first-order valence-corrected chi connectivity index (χ1v) is 7.64. The van der Waals surface area contributed by atoms with Crippen molar-refractivity contribution in [3.8, 4) is 0 Å². The molecule has 77 valence electrons. The molecule has 0 fully saturated rings. The van der Waals surface area contributed by atoms with Gasteiger partial charge in [-0.05, 0) is 0 Å². The molecule has 0 N–H and O–H groups in total. The fourth-order valence-corrected chi connectivity index (χ4v) is 5.21. The van der Waals surface area contributed by atoms with Gasteiger partial charge in [-0.1, -0.05) is 0 Å². The average Bonchev–Trinajstić information content (AvgIpc) is 2.67. The predicted molar refractivity (Wildman–Crippen MR) is 57.5 cm³/mol. The zero-order valence-corrected chi connectivity index (χ0v) is 10.9. The van der Waals surface area contributed by atoms with Crippen LogP contribution in [0.1, 0.15) is 32.6 Å². The molecular weight excluding hydrogens is 348 g/mol. The zero-order chi connectivity index (χ0) is 9.80. The Bertz CT molecular complexity index is 329. The third kappa shape index (κ3) is 2.34. The van der Waals surface area contributed by atoms with Gasteiger partial charge in [0.1, 0.15) is 0 Å². The molecule has 0 aromatic heterocycles. The summed E-state index contributed by atoms with van der Waals surface area (Å²) in [6, 6.07) is 0. The zero-order valence-electron chi connectivity index (χ0n) is 8.55. The van der Waals surface area contributed by atoms with E-state index < -0.39 is 0 Å². The van der Waals surface area contributed by atoms with Crippen LogP contribution >= 0.6 is 0 Å². The summed E-state index contributed by atoms with van der Waals surface area (Å²) in [6.45, 7) is 2.27. The average molecular weight is 364 g/mol. The van der Waals surface area contributed by atoms with Crippen molar-refractivity contribution < 1.29 is 17.7 Å². The van der Waals surface area contributed by atoms with Crippen LogP contribution < -0.4 is 0 Å². The van der Waals surface area contributed by atoms with Crippen LogP contribution in [0.2, 0.25) is 0 Å². The molecule has 0 spiro atoms. The molecule has 0 nitrogen and oxygen atoms in total. The minimum atomic E-state index is 0.0404. The van der Waals surface area contributed by atoms with Gasteiger partial charge in [-0.3, -0.25) is 0 Å². The van der Waals surface area contributed by atoms with Gasteiger partial charge in [0, 0.05) is 0 Å². The van der Waals surface area contributed by atoms with Crippen LogP contribution in [0.25, 0.3) is 0 Å². The second-order valence-corrected chi connectivity index (χ2v) is 7.08. The van der Waals surface area contributed by atoms with Crippen LogP contribution in [0, 0.1) is 0 Å². The van der Waals surface area contributed by atoms with E-state index in [2.05, 4.69) is 37.3 Å². The van der Waals surface area contributed by atoms with E-state index in [9.17, 15) is 0 Å². The summed E-state index contributed by atoms with van der Waals surface area (Å²) in [5.41, 5.74) is 1.63. The molecule has 0 atom stereocenters. The fraction of sp³-hybridized carbons (Fsp3) is 0.385. The van der Waals surface area contributed by atoms with Gasteiger partial charge in [-0.15, -0.1) is 0 Å². The van der Waals surface area contributed by atoms with Crippen molar-refractivity contribution in [2.24, 2.45) is 0 Å². The van der Waals surface area contributed by atoms with Crippen molar-refractivity contribution in [2.45, 2.75) is 32.6 Å². The van der Waals surface area contributed by atoms with Crippen molar-refractivity contribution in [3.05, 3.63) is 44.1 Å². The number of hydrogen-bond acceptors (Lipinski definition) is 0. The van der Waals surface area contributed by atoms with E-state index in [1.807, 2.05) is 0 Å². The van der Waals surface area contributed by atoms with Gasteiger partial charge in [-0.25, -0.2) is 0 Å². The SMILES string of the molecule is CCC1=[C]([Ir][C]2=CC=CCC2)CC=C1. The standard InChI is InChI=1S/C7H9.C6H7.Ir/c1-2-7-5-3-4-6-7;1-2-4-6-5-3-1;/h3,5H,2,4H2,1H3;1-3H,4,6H2;. The molecule has 0 aromatic rings. The first-order valence-electron chi connectivity index (χ1n) is 5.24. The third-order valence-electron chi connectivity index (χ3n) is 2.47. The van der Waals surface area contributed by atoms with Gasteiger partial charge < -0.3 is 0 Å². The van der Waals surface area contributed by atoms with E-state index in [1.165, 1.54) is 25.7 Å². The topological polar surface area (TPSA) is 0 Å². The van der Waals surface area contributed by atoms with Crippen LogP contribution in [-0.4, -0.2) is 0 Å². The quantitative estimate of drug-likeness (QED) is 0.712. The van der Waals surface area contributed by atoms with E-state index >= 15 is 0 Å². The minimum absolute atomic E-state index is 0.0404. The van der Waals surface area contributed by atoms with E-state index in [0.717, 1.165) is 0 Å². The molecule has 0 bridgehead atoms. The predicted octanol–water partition coefficient (Wildman–Crippen LogP) is 3.93. The summed E-state index contributed by atoms with van der Waals surface area (Å²) in [4.78, 5) is 0. The van der Waals surface area contributed by atoms with Crippen LogP contribution in [0.3, 0.4) is 0 Å². The molecule has 0 saturated carbocycles. The monoisotopic (exact) mass is 365 g/mol. The molecule has 0 heterocycles. The molecule has 1 heteroatoms. The molecule has 2 rings (SSSR count). The fourth-order valence-electron chi connectivity index (χ4n) is 1.67. The van der Waals surface area contributed by atoms with E-state index in [1.54, 1.807) is 13.7 Å². The molecular formula is C13H16Ir. The Morgan fingerprint density at radius 3 is 3.00 bits per heavy atom. The molecule has 2 aliphatic rings.